The molecule has 1 amide bonds. The van der Waals surface area contributed by atoms with E-state index >= 15 is 0 Å². The third kappa shape index (κ3) is 4.72. The van der Waals surface area contributed by atoms with Crippen LogP contribution in [0, 0.1) is 0 Å². The van der Waals surface area contributed by atoms with Crippen molar-refractivity contribution in [2.75, 3.05) is 44.7 Å². The van der Waals surface area contributed by atoms with Gasteiger partial charge in [-0.2, -0.15) is 0 Å². The molecule has 1 heterocycles. The van der Waals surface area contributed by atoms with Gasteiger partial charge in [0.1, 0.15) is 0 Å². The van der Waals surface area contributed by atoms with Crippen molar-refractivity contribution in [2.24, 2.45) is 0 Å². The Morgan fingerprint density at radius 2 is 1.62 bits per heavy atom. The number of piperazine rings is 1. The predicted molar refractivity (Wildman–Crippen MR) is 121 cm³/mol. The van der Waals surface area contributed by atoms with Crippen molar-refractivity contribution >= 4 is 34.0 Å². The summed E-state index contributed by atoms with van der Waals surface area (Å²) in [4.78, 5) is 19.1. The van der Waals surface area contributed by atoms with Gasteiger partial charge in [0.05, 0.1) is 17.3 Å². The molecule has 4 nitrogen and oxygen atoms in total. The van der Waals surface area contributed by atoms with Gasteiger partial charge >= 0.3 is 0 Å². The van der Waals surface area contributed by atoms with Crippen molar-refractivity contribution in [3.05, 3.63) is 77.3 Å². The largest absolute Gasteiger partial charge is 0.367 e. The number of halogens is 1. The highest BCUT2D eigenvalue weighted by atomic mass is 35.5. The Morgan fingerprint density at radius 1 is 0.931 bits per heavy atom. The molecule has 0 spiro atoms. The number of likely N-dealkylation sites (N-methyl/N-ethyl adjacent to an activating group) is 1. The molecule has 0 aromatic heterocycles. The number of para-hydroxylation sites is 1. The first kappa shape index (κ1) is 19.7. The van der Waals surface area contributed by atoms with E-state index in [0.29, 0.717) is 6.54 Å². The van der Waals surface area contributed by atoms with E-state index in [1.165, 1.54) is 16.3 Å². The standard InChI is InChI=1S/C24H26ClN3O/c1-26(17-19-10-11-20-6-2-3-7-21(20)16-19)18-24(29)28-14-12-27(13-15-28)23-9-5-4-8-22(23)25/h2-11,16H,12-15,17-18H2,1H3. The molecular formula is C24H26ClN3O. The van der Waals surface area contributed by atoms with Gasteiger partial charge in [0.15, 0.2) is 0 Å². The molecule has 0 bridgehead atoms. The average Bonchev–Trinajstić information content (AvgIpc) is 2.74. The van der Waals surface area contributed by atoms with E-state index in [4.69, 9.17) is 11.6 Å². The summed E-state index contributed by atoms with van der Waals surface area (Å²) >= 11 is 6.31. The summed E-state index contributed by atoms with van der Waals surface area (Å²) in [5, 5.41) is 3.24. The van der Waals surface area contributed by atoms with Gasteiger partial charge in [0, 0.05) is 32.7 Å². The predicted octanol–water partition coefficient (Wildman–Crippen LogP) is 4.27. The molecule has 1 fully saturated rings. The number of benzene rings is 3. The number of rotatable bonds is 5. The molecule has 29 heavy (non-hydrogen) atoms. The molecule has 1 saturated heterocycles. The first-order valence-electron chi connectivity index (χ1n) is 10.0. The van der Waals surface area contributed by atoms with E-state index in [1.54, 1.807) is 0 Å². The molecule has 3 aromatic carbocycles. The number of carbonyl (C=O) groups is 1. The summed E-state index contributed by atoms with van der Waals surface area (Å²) in [7, 11) is 2.01. The summed E-state index contributed by atoms with van der Waals surface area (Å²) in [5.41, 5.74) is 2.28. The molecule has 150 valence electrons. The van der Waals surface area contributed by atoms with Crippen molar-refractivity contribution in [3.63, 3.8) is 0 Å². The van der Waals surface area contributed by atoms with Gasteiger partial charge in [0.25, 0.3) is 0 Å². The minimum atomic E-state index is 0.187. The minimum absolute atomic E-state index is 0.187. The lowest BCUT2D eigenvalue weighted by molar-refractivity contribution is -0.132. The fourth-order valence-electron chi connectivity index (χ4n) is 3.94. The summed E-state index contributed by atoms with van der Waals surface area (Å²) in [6.45, 7) is 4.27. The van der Waals surface area contributed by atoms with Crippen LogP contribution in [0.4, 0.5) is 5.69 Å². The second-order valence-corrected chi connectivity index (χ2v) is 8.08. The highest BCUT2D eigenvalue weighted by Crippen LogP contribution is 2.26. The topological polar surface area (TPSA) is 26.8 Å². The molecule has 0 saturated carbocycles. The van der Waals surface area contributed by atoms with Crippen LogP contribution in [-0.2, 0) is 11.3 Å². The van der Waals surface area contributed by atoms with Crippen molar-refractivity contribution in [2.45, 2.75) is 6.54 Å². The lowest BCUT2D eigenvalue weighted by Gasteiger charge is -2.37. The van der Waals surface area contributed by atoms with Gasteiger partial charge in [-0.1, -0.05) is 60.1 Å². The smallest absolute Gasteiger partial charge is 0.236 e. The number of nitrogens with zero attached hydrogens (tertiary/aromatic N) is 3. The average molecular weight is 408 g/mol. The maximum absolute atomic E-state index is 12.8. The van der Waals surface area contributed by atoms with Crippen molar-refractivity contribution < 1.29 is 4.79 Å². The van der Waals surface area contributed by atoms with Crippen LogP contribution in [0.5, 0.6) is 0 Å². The molecular weight excluding hydrogens is 382 g/mol. The number of anilines is 1. The Labute approximate surface area is 177 Å². The maximum Gasteiger partial charge on any atom is 0.236 e. The van der Waals surface area contributed by atoms with E-state index in [9.17, 15) is 4.79 Å². The SMILES string of the molecule is CN(CC(=O)N1CCN(c2ccccc2Cl)CC1)Cc1ccc2ccccc2c1. The molecule has 0 unspecified atom stereocenters. The van der Waals surface area contributed by atoms with Crippen LogP contribution in [0.2, 0.25) is 5.02 Å². The van der Waals surface area contributed by atoms with Gasteiger partial charge in [-0.25, -0.2) is 0 Å². The number of hydrogen-bond donors (Lipinski definition) is 0. The second kappa shape index (κ2) is 8.85. The van der Waals surface area contributed by atoms with Gasteiger partial charge in [-0.05, 0) is 41.6 Å². The molecule has 3 aromatic rings. The van der Waals surface area contributed by atoms with Crippen LogP contribution in [0.3, 0.4) is 0 Å². The van der Waals surface area contributed by atoms with Gasteiger partial charge in [-0.15, -0.1) is 0 Å². The highest BCUT2D eigenvalue weighted by molar-refractivity contribution is 6.33. The number of carbonyl (C=O) groups excluding carboxylic acids is 1. The van der Waals surface area contributed by atoms with Crippen LogP contribution < -0.4 is 4.90 Å². The minimum Gasteiger partial charge on any atom is -0.367 e. The Kier molecular flexibility index (Phi) is 6.02. The zero-order valence-electron chi connectivity index (χ0n) is 16.7. The summed E-state index contributed by atoms with van der Waals surface area (Å²) in [5.74, 6) is 0.187. The zero-order chi connectivity index (χ0) is 20.2. The third-order valence-electron chi connectivity index (χ3n) is 5.50. The Hall–Kier alpha value is -2.56. The Bertz CT molecular complexity index is 998. The van der Waals surface area contributed by atoms with Crippen molar-refractivity contribution in [1.29, 1.82) is 0 Å². The lowest BCUT2D eigenvalue weighted by atomic mass is 10.1. The molecule has 0 N–H and O–H groups in total. The first-order chi connectivity index (χ1) is 14.1. The summed E-state index contributed by atoms with van der Waals surface area (Å²) in [6, 6.07) is 22.8. The first-order valence-corrected chi connectivity index (χ1v) is 10.4. The molecule has 1 aliphatic rings. The number of fused-ring (bicyclic) bond motifs is 1. The van der Waals surface area contributed by atoms with E-state index in [1.807, 2.05) is 36.2 Å². The third-order valence-corrected chi connectivity index (χ3v) is 5.82. The van der Waals surface area contributed by atoms with Crippen molar-refractivity contribution in [1.82, 2.24) is 9.80 Å². The molecule has 0 radical (unpaired) electrons. The molecule has 0 atom stereocenters. The Balaban J connectivity index is 1.30. The van der Waals surface area contributed by atoms with E-state index < -0.39 is 0 Å². The summed E-state index contributed by atoms with van der Waals surface area (Å²) < 4.78 is 0. The molecule has 4 rings (SSSR count). The molecule has 1 aliphatic heterocycles. The van der Waals surface area contributed by atoms with Crippen LogP contribution >= 0.6 is 11.6 Å². The van der Waals surface area contributed by atoms with Gasteiger partial charge < -0.3 is 9.80 Å². The van der Waals surface area contributed by atoms with E-state index in [-0.39, 0.29) is 5.91 Å². The highest BCUT2D eigenvalue weighted by Gasteiger charge is 2.23. The second-order valence-electron chi connectivity index (χ2n) is 7.67. The van der Waals surface area contributed by atoms with Gasteiger partial charge in [-0.3, -0.25) is 9.69 Å². The van der Waals surface area contributed by atoms with Crippen molar-refractivity contribution in [3.8, 4) is 0 Å². The fourth-order valence-corrected chi connectivity index (χ4v) is 4.20. The van der Waals surface area contributed by atoms with E-state index in [2.05, 4.69) is 52.3 Å². The van der Waals surface area contributed by atoms with Gasteiger partial charge in [0.2, 0.25) is 5.91 Å². The molecule has 5 heteroatoms. The monoisotopic (exact) mass is 407 g/mol. The molecule has 0 aliphatic carbocycles. The summed E-state index contributed by atoms with van der Waals surface area (Å²) in [6.07, 6.45) is 0. The lowest BCUT2D eigenvalue weighted by Crippen LogP contribution is -2.51. The van der Waals surface area contributed by atoms with Crippen LogP contribution in [0.15, 0.2) is 66.7 Å². The van der Waals surface area contributed by atoms with Crippen LogP contribution in [0.1, 0.15) is 5.56 Å². The maximum atomic E-state index is 12.8. The number of hydrogen-bond acceptors (Lipinski definition) is 3. The Morgan fingerprint density at radius 3 is 2.38 bits per heavy atom. The quantitative estimate of drug-likeness (QED) is 0.631. The number of amides is 1. The van der Waals surface area contributed by atoms with Crippen LogP contribution in [0.25, 0.3) is 10.8 Å². The fraction of sp³-hybridized carbons (Fsp3) is 0.292. The van der Waals surface area contributed by atoms with E-state index in [0.717, 1.165) is 43.4 Å². The normalized spacial score (nSPS) is 14.6. The van der Waals surface area contributed by atoms with Crippen LogP contribution in [-0.4, -0.2) is 55.5 Å². The zero-order valence-corrected chi connectivity index (χ0v) is 17.5.